The summed E-state index contributed by atoms with van der Waals surface area (Å²) < 4.78 is 0. The van der Waals surface area contributed by atoms with Gasteiger partial charge in [0.15, 0.2) is 0 Å². The molecule has 0 unspecified atom stereocenters. The van der Waals surface area contributed by atoms with E-state index in [9.17, 15) is 0 Å². The van der Waals surface area contributed by atoms with Crippen molar-refractivity contribution in [3.05, 3.63) is 0 Å². The normalized spacial score (nSPS) is 26.0. The van der Waals surface area contributed by atoms with Crippen LogP contribution in [0.2, 0.25) is 0 Å². The van der Waals surface area contributed by atoms with Crippen LogP contribution in [-0.4, -0.2) is 13.1 Å². The van der Waals surface area contributed by atoms with Crippen molar-refractivity contribution in [2.24, 2.45) is 10.8 Å². The number of nitriles is 1. The Labute approximate surface area is 99.4 Å². The summed E-state index contributed by atoms with van der Waals surface area (Å²) in [5.74, 6) is 0. The van der Waals surface area contributed by atoms with Crippen molar-refractivity contribution in [2.45, 2.75) is 58.3 Å². The first kappa shape index (κ1) is 11.9. The second kappa shape index (κ2) is 4.75. The molecule has 0 aromatic carbocycles. The molecule has 0 atom stereocenters. The van der Waals surface area contributed by atoms with E-state index in [-0.39, 0.29) is 0 Å². The average molecular weight is 220 g/mol. The van der Waals surface area contributed by atoms with Crippen LogP contribution in [0.1, 0.15) is 58.3 Å². The van der Waals surface area contributed by atoms with E-state index in [1.165, 1.54) is 44.9 Å². The van der Waals surface area contributed by atoms with E-state index in [2.05, 4.69) is 18.3 Å². The van der Waals surface area contributed by atoms with E-state index in [0.717, 1.165) is 19.5 Å². The lowest BCUT2D eigenvalue weighted by molar-refractivity contribution is 0.203. The van der Waals surface area contributed by atoms with Gasteiger partial charge in [-0.25, -0.2) is 0 Å². The molecule has 2 saturated carbocycles. The van der Waals surface area contributed by atoms with Crippen LogP contribution in [0.5, 0.6) is 0 Å². The van der Waals surface area contributed by atoms with E-state index in [4.69, 9.17) is 5.26 Å². The van der Waals surface area contributed by atoms with Crippen LogP contribution < -0.4 is 5.32 Å². The zero-order chi connectivity index (χ0) is 11.5. The van der Waals surface area contributed by atoms with Gasteiger partial charge in [0.1, 0.15) is 0 Å². The van der Waals surface area contributed by atoms with Gasteiger partial charge in [0, 0.05) is 19.5 Å². The molecule has 90 valence electrons. The minimum Gasteiger partial charge on any atom is -0.316 e. The van der Waals surface area contributed by atoms with Crippen molar-refractivity contribution in [2.75, 3.05) is 13.1 Å². The van der Waals surface area contributed by atoms with Gasteiger partial charge in [0.2, 0.25) is 0 Å². The van der Waals surface area contributed by atoms with Crippen LogP contribution in [0.25, 0.3) is 0 Å². The summed E-state index contributed by atoms with van der Waals surface area (Å²) in [4.78, 5) is 0. The van der Waals surface area contributed by atoms with Crippen molar-refractivity contribution < 1.29 is 0 Å². The van der Waals surface area contributed by atoms with Gasteiger partial charge >= 0.3 is 0 Å². The maximum atomic E-state index is 8.76. The van der Waals surface area contributed by atoms with Gasteiger partial charge in [-0.15, -0.1) is 0 Å². The summed E-state index contributed by atoms with van der Waals surface area (Å²) in [6.45, 7) is 4.64. The largest absolute Gasteiger partial charge is 0.316 e. The summed E-state index contributed by atoms with van der Waals surface area (Å²) in [5, 5.41) is 12.4. The van der Waals surface area contributed by atoms with Gasteiger partial charge in [-0.2, -0.15) is 5.26 Å². The van der Waals surface area contributed by atoms with Gasteiger partial charge in [0.25, 0.3) is 0 Å². The quantitative estimate of drug-likeness (QED) is 0.772. The minimum atomic E-state index is 0.361. The van der Waals surface area contributed by atoms with E-state index in [0.29, 0.717) is 10.8 Å². The third-order valence-corrected chi connectivity index (χ3v) is 4.52. The molecular weight excluding hydrogens is 196 g/mol. The topological polar surface area (TPSA) is 35.8 Å². The fourth-order valence-electron chi connectivity index (χ4n) is 2.97. The first-order valence-corrected chi connectivity index (χ1v) is 6.76. The van der Waals surface area contributed by atoms with Gasteiger partial charge < -0.3 is 5.32 Å². The molecule has 0 bridgehead atoms. The van der Waals surface area contributed by atoms with Gasteiger partial charge in [0.05, 0.1) is 6.07 Å². The molecular formula is C14H24N2. The van der Waals surface area contributed by atoms with E-state index in [1.54, 1.807) is 0 Å². The Morgan fingerprint density at radius 2 is 1.75 bits per heavy atom. The molecule has 16 heavy (non-hydrogen) atoms. The Morgan fingerprint density at radius 3 is 2.31 bits per heavy atom. The molecule has 0 spiro atoms. The van der Waals surface area contributed by atoms with Crippen LogP contribution in [0.15, 0.2) is 0 Å². The molecule has 0 radical (unpaired) electrons. The van der Waals surface area contributed by atoms with Crippen LogP contribution in [0, 0.1) is 22.2 Å². The molecule has 2 fully saturated rings. The van der Waals surface area contributed by atoms with Crippen molar-refractivity contribution in [3.63, 3.8) is 0 Å². The summed E-state index contributed by atoms with van der Waals surface area (Å²) >= 11 is 0. The summed E-state index contributed by atoms with van der Waals surface area (Å²) in [7, 11) is 0. The Balaban J connectivity index is 1.69. The monoisotopic (exact) mass is 220 g/mol. The molecule has 2 rings (SSSR count). The second-order valence-electron chi connectivity index (χ2n) is 6.31. The Morgan fingerprint density at radius 1 is 1.06 bits per heavy atom. The third-order valence-electron chi connectivity index (χ3n) is 4.52. The highest BCUT2D eigenvalue weighted by atomic mass is 14.9. The number of rotatable bonds is 5. The molecule has 0 aliphatic heterocycles. The van der Waals surface area contributed by atoms with E-state index >= 15 is 0 Å². The van der Waals surface area contributed by atoms with Crippen LogP contribution >= 0.6 is 0 Å². The number of hydrogen-bond donors (Lipinski definition) is 1. The Hall–Kier alpha value is -0.550. The summed E-state index contributed by atoms with van der Waals surface area (Å²) in [5.41, 5.74) is 0.890. The zero-order valence-electron chi connectivity index (χ0n) is 10.5. The molecule has 2 nitrogen and oxygen atoms in total. The molecule has 2 aliphatic carbocycles. The zero-order valence-corrected chi connectivity index (χ0v) is 10.5. The standard InChI is InChI=1S/C14H24N2/c1-13(5-3-2-4-6-13)11-16-12-14(7-8-14)9-10-15/h16H,2-9,11-12H2,1H3. The highest BCUT2D eigenvalue weighted by Gasteiger charge is 2.42. The Bertz CT molecular complexity index is 267. The van der Waals surface area contributed by atoms with Crippen molar-refractivity contribution in [1.82, 2.24) is 5.32 Å². The van der Waals surface area contributed by atoms with Gasteiger partial charge in [-0.1, -0.05) is 26.2 Å². The third kappa shape index (κ3) is 2.98. The van der Waals surface area contributed by atoms with E-state index < -0.39 is 0 Å². The number of hydrogen-bond acceptors (Lipinski definition) is 2. The average Bonchev–Trinajstić information content (AvgIpc) is 2.99. The maximum absolute atomic E-state index is 8.76. The molecule has 2 heteroatoms. The summed E-state index contributed by atoms with van der Waals surface area (Å²) in [6.07, 6.45) is 10.2. The molecule has 0 amide bonds. The molecule has 0 aromatic heterocycles. The number of nitrogens with zero attached hydrogens (tertiary/aromatic N) is 1. The van der Waals surface area contributed by atoms with Crippen LogP contribution in [0.4, 0.5) is 0 Å². The van der Waals surface area contributed by atoms with Crippen LogP contribution in [0.3, 0.4) is 0 Å². The predicted octanol–water partition coefficient (Wildman–Crippen LogP) is 3.24. The molecule has 1 N–H and O–H groups in total. The maximum Gasteiger partial charge on any atom is 0.0628 e. The predicted molar refractivity (Wildman–Crippen MR) is 66.0 cm³/mol. The second-order valence-corrected chi connectivity index (χ2v) is 6.31. The fourth-order valence-corrected chi connectivity index (χ4v) is 2.97. The molecule has 0 saturated heterocycles. The highest BCUT2D eigenvalue weighted by Crippen LogP contribution is 2.48. The minimum absolute atomic E-state index is 0.361. The first-order valence-electron chi connectivity index (χ1n) is 6.76. The smallest absolute Gasteiger partial charge is 0.0628 e. The van der Waals surface area contributed by atoms with Crippen molar-refractivity contribution in [3.8, 4) is 6.07 Å². The van der Waals surface area contributed by atoms with Gasteiger partial charge in [-0.05, 0) is 36.5 Å². The number of nitrogens with one attached hydrogen (secondary N) is 1. The molecule has 0 heterocycles. The van der Waals surface area contributed by atoms with Crippen molar-refractivity contribution >= 4 is 0 Å². The molecule has 2 aliphatic rings. The lowest BCUT2D eigenvalue weighted by Gasteiger charge is -2.34. The fraction of sp³-hybridized carbons (Fsp3) is 0.929. The lowest BCUT2D eigenvalue weighted by atomic mass is 9.75. The SMILES string of the molecule is CC1(CNCC2(CC#N)CC2)CCCCC1. The van der Waals surface area contributed by atoms with Crippen molar-refractivity contribution in [1.29, 1.82) is 5.26 Å². The van der Waals surface area contributed by atoms with Gasteiger partial charge in [-0.3, -0.25) is 0 Å². The van der Waals surface area contributed by atoms with Crippen LogP contribution in [-0.2, 0) is 0 Å². The summed E-state index contributed by atoms with van der Waals surface area (Å²) in [6, 6.07) is 2.33. The lowest BCUT2D eigenvalue weighted by Crippen LogP contribution is -2.36. The first-order chi connectivity index (χ1) is 7.68. The van der Waals surface area contributed by atoms with E-state index in [1.807, 2.05) is 0 Å². The highest BCUT2D eigenvalue weighted by molar-refractivity contribution is 5.01. The molecule has 0 aromatic rings. The Kier molecular flexibility index (Phi) is 3.54.